The number of anilines is 2. The van der Waals surface area contributed by atoms with Gasteiger partial charge in [-0.3, -0.25) is 10.1 Å². The summed E-state index contributed by atoms with van der Waals surface area (Å²) in [6, 6.07) is 2.59. The third-order valence-electron chi connectivity index (χ3n) is 1.68. The summed E-state index contributed by atoms with van der Waals surface area (Å²) in [6.45, 7) is 1.72. The molecule has 0 spiro atoms. The van der Waals surface area contributed by atoms with E-state index < -0.39 is 4.92 Å². The molecule has 12 heavy (non-hydrogen) atoms. The van der Waals surface area contributed by atoms with Crippen LogP contribution in [0.5, 0.6) is 0 Å². The van der Waals surface area contributed by atoms with Gasteiger partial charge in [0.2, 0.25) is 0 Å². The van der Waals surface area contributed by atoms with Crippen LogP contribution < -0.4 is 11.5 Å². The highest BCUT2D eigenvalue weighted by atomic mass is 16.7. The minimum Gasteiger partial charge on any atom is -0.398 e. The van der Waals surface area contributed by atoms with Crippen molar-refractivity contribution in [2.45, 2.75) is 6.92 Å². The molecular formula is C7H9N3O2. The molecule has 1 aromatic rings. The average molecular weight is 179 g/mol. The number of hydrogen-bond acceptors (Lipinski definition) is 4. The molecule has 0 saturated carbocycles. The van der Waals surface area contributed by atoms with E-state index in [9.17, 15) is 10.1 Å². The number of nitrogens with two attached hydrogens (primary N) is 2. The fraction of sp³-hybridized carbons (Fsp3) is 0.143. The second-order valence-corrected chi connectivity index (χ2v) is 2.51. The number of nitrogen functional groups attached to an aromatic ring is 2. The molecule has 0 aliphatic rings. The van der Waals surface area contributed by atoms with Crippen LogP contribution in [-0.4, -0.2) is 4.92 Å². The summed E-state index contributed by atoms with van der Waals surface area (Å²) in [5.74, 6) is 0. The van der Waals surface area contributed by atoms with Crippen LogP contribution >= 0.6 is 0 Å². The minimum absolute atomic E-state index is 0.0735. The van der Waals surface area contributed by atoms with E-state index >= 15 is 0 Å². The maximum Gasteiger partial charge on any atom is 0.273 e. The normalized spacial score (nSPS) is 9.75. The van der Waals surface area contributed by atoms with Crippen molar-refractivity contribution in [2.24, 2.45) is 0 Å². The molecule has 1 aromatic carbocycles. The Bertz CT molecular complexity index is 312. The van der Waals surface area contributed by atoms with Crippen molar-refractivity contribution in [3.63, 3.8) is 0 Å². The second-order valence-electron chi connectivity index (χ2n) is 2.51. The highest BCUT2D eigenvalue weighted by molar-refractivity contribution is 5.66. The first-order chi connectivity index (χ1) is 5.52. The maximum atomic E-state index is 10.3. The highest BCUT2D eigenvalue weighted by Crippen LogP contribution is 2.25. The molecule has 0 fully saturated rings. The van der Waals surface area contributed by atoms with Gasteiger partial charge >= 0.3 is 0 Å². The second kappa shape index (κ2) is 2.69. The smallest absolute Gasteiger partial charge is 0.273 e. The molecule has 0 radical (unpaired) electrons. The maximum absolute atomic E-state index is 10.3. The van der Waals surface area contributed by atoms with Crippen molar-refractivity contribution < 1.29 is 4.92 Å². The van der Waals surface area contributed by atoms with Gasteiger partial charge in [-0.2, -0.15) is 0 Å². The fourth-order valence-electron chi connectivity index (χ4n) is 0.849. The van der Waals surface area contributed by atoms with E-state index in [4.69, 9.17) is 11.5 Å². The third-order valence-corrected chi connectivity index (χ3v) is 1.68. The Hall–Kier alpha value is -1.78. The molecule has 0 heterocycles. The van der Waals surface area contributed by atoms with Gasteiger partial charge in [-0.25, -0.2) is 0 Å². The van der Waals surface area contributed by atoms with Gasteiger partial charge in [0, 0.05) is 23.5 Å². The third kappa shape index (κ3) is 1.29. The zero-order valence-corrected chi connectivity index (χ0v) is 6.57. The van der Waals surface area contributed by atoms with E-state index in [-0.39, 0.29) is 5.69 Å². The average Bonchev–Trinajstić information content (AvgIpc) is 1.99. The molecule has 0 amide bonds. The van der Waals surface area contributed by atoms with Crippen molar-refractivity contribution in [2.75, 3.05) is 11.5 Å². The van der Waals surface area contributed by atoms with Gasteiger partial charge in [-0.05, 0) is 12.5 Å². The Morgan fingerprint density at radius 2 is 1.75 bits per heavy atom. The summed E-state index contributed by atoms with van der Waals surface area (Å²) in [6.07, 6.45) is 0. The number of nitrogens with zero attached hydrogens (tertiary/aromatic N) is 1. The lowest BCUT2D eigenvalue weighted by Gasteiger charge is -2.02. The van der Waals surface area contributed by atoms with Gasteiger partial charge in [-0.15, -0.1) is 0 Å². The first kappa shape index (κ1) is 8.32. The van der Waals surface area contributed by atoms with Crippen molar-refractivity contribution in [1.82, 2.24) is 0 Å². The predicted octanol–water partition coefficient (Wildman–Crippen LogP) is 1.07. The summed E-state index contributed by atoms with van der Waals surface area (Å²) in [7, 11) is 0. The molecule has 5 heteroatoms. The topological polar surface area (TPSA) is 95.2 Å². The summed E-state index contributed by atoms with van der Waals surface area (Å²) in [5, 5.41) is 10.3. The van der Waals surface area contributed by atoms with E-state index in [1.165, 1.54) is 12.1 Å². The van der Waals surface area contributed by atoms with Gasteiger partial charge in [0.1, 0.15) is 0 Å². The van der Waals surface area contributed by atoms with E-state index in [2.05, 4.69) is 0 Å². The number of non-ortho nitro benzene ring substituents is 1. The van der Waals surface area contributed by atoms with Crippen LogP contribution in [0.3, 0.4) is 0 Å². The number of nitro groups is 1. The van der Waals surface area contributed by atoms with Crippen molar-refractivity contribution in [3.8, 4) is 0 Å². The van der Waals surface area contributed by atoms with Crippen LogP contribution in [-0.2, 0) is 0 Å². The fourth-order valence-corrected chi connectivity index (χ4v) is 0.849. The van der Waals surface area contributed by atoms with E-state index in [1.807, 2.05) is 0 Å². The Balaban J connectivity index is 3.31. The van der Waals surface area contributed by atoms with Gasteiger partial charge in [-0.1, -0.05) is 0 Å². The summed E-state index contributed by atoms with van der Waals surface area (Å²) < 4.78 is 0. The lowest BCUT2D eigenvalue weighted by Crippen LogP contribution is -1.98. The zero-order valence-electron chi connectivity index (χ0n) is 6.57. The zero-order chi connectivity index (χ0) is 9.30. The van der Waals surface area contributed by atoms with Gasteiger partial charge in [0.15, 0.2) is 0 Å². The van der Waals surface area contributed by atoms with Gasteiger partial charge in [0.05, 0.1) is 4.92 Å². The van der Waals surface area contributed by atoms with Crippen molar-refractivity contribution >= 4 is 17.1 Å². The predicted molar refractivity (Wildman–Crippen MR) is 46.7 cm³/mol. The molecule has 1 rings (SSSR count). The summed E-state index contributed by atoms with van der Waals surface area (Å²) >= 11 is 0. The van der Waals surface area contributed by atoms with Crippen LogP contribution in [0.4, 0.5) is 17.1 Å². The van der Waals surface area contributed by atoms with Crippen LogP contribution in [0.2, 0.25) is 0 Å². The van der Waals surface area contributed by atoms with Crippen LogP contribution in [0.15, 0.2) is 12.1 Å². The largest absolute Gasteiger partial charge is 0.398 e. The molecule has 5 nitrogen and oxygen atoms in total. The molecule has 0 aliphatic carbocycles. The first-order valence-electron chi connectivity index (χ1n) is 3.32. The lowest BCUT2D eigenvalue weighted by atomic mass is 11.5. The molecule has 0 aromatic heterocycles. The number of benzene rings is 1. The monoisotopic (exact) mass is 179 g/mol. The lowest BCUT2D eigenvalue weighted by molar-refractivity contribution is -0.384. The molecule has 0 atom stereocenters. The quantitative estimate of drug-likeness (QED) is 0.383. The first-order valence-corrected chi connectivity index (χ1v) is 3.32. The summed E-state index contributed by atoms with van der Waals surface area (Å²) in [4.78, 5) is 9.79. The van der Waals surface area contributed by atoms with E-state index in [0.717, 1.165) is 0 Å². The molecule has 0 bridgehead atoms. The SMILES string of the molecule is C[14c]1[14c](N)[14cH][14c]([N+](=O)[O-])[14cH][14c]1N. The Labute approximate surface area is 69.1 Å². The molecule has 64 valence electrons. The Morgan fingerprint density at radius 3 is 2.08 bits per heavy atom. The highest BCUT2D eigenvalue weighted by Gasteiger charge is 2.09. The molecule has 0 aliphatic heterocycles. The number of hydrogen-bond donors (Lipinski definition) is 2. The van der Waals surface area contributed by atoms with Crippen LogP contribution in [0.1, 0.15) is 5.56 Å². The molecule has 0 saturated heterocycles. The summed E-state index contributed by atoms with van der Waals surface area (Å²) in [5.41, 5.74) is 12.3. The number of rotatable bonds is 1. The molecule has 0 unspecified atom stereocenters. The van der Waals surface area contributed by atoms with Crippen molar-refractivity contribution in [1.29, 1.82) is 0 Å². The van der Waals surface area contributed by atoms with Crippen molar-refractivity contribution in [3.05, 3.63) is 27.8 Å². The van der Waals surface area contributed by atoms with Crippen LogP contribution in [0, 0.1) is 17.0 Å². The number of nitro benzene ring substituents is 1. The Kier molecular flexibility index (Phi) is 1.86. The minimum atomic E-state index is -0.522. The van der Waals surface area contributed by atoms with Crippen LogP contribution in [0.25, 0.3) is 0 Å². The molecular weight excluding hydrogens is 170 g/mol. The van der Waals surface area contributed by atoms with Gasteiger partial charge < -0.3 is 11.5 Å². The van der Waals surface area contributed by atoms with E-state index in [1.54, 1.807) is 6.92 Å². The standard InChI is InChI=1S/C7H9N3O2/c1-4-6(8)2-5(10(11)12)3-7(4)9/h2-3H,8-9H2,1H3/i2+2,3+2,4+2,5+2,6+2,7+2. The Morgan fingerprint density at radius 1 is 1.33 bits per heavy atom. The molecule has 4 N–H and O–H groups in total. The van der Waals surface area contributed by atoms with Gasteiger partial charge in [0.25, 0.3) is 5.69 Å². The van der Waals surface area contributed by atoms with E-state index in [0.29, 0.717) is 16.9 Å².